The number of carbonyl (C=O) groups is 1. The lowest BCUT2D eigenvalue weighted by Crippen LogP contribution is -2.45. The van der Waals surface area contributed by atoms with Crippen molar-refractivity contribution in [1.29, 1.82) is 0 Å². The Bertz CT molecular complexity index is 1030. The van der Waals surface area contributed by atoms with Gasteiger partial charge in [-0.25, -0.2) is 5.06 Å². The molecule has 0 fully saturated rings. The second-order valence-corrected chi connectivity index (χ2v) is 8.92. The largest absolute Gasteiger partial charge is 0.363 e. The average Bonchev–Trinajstić information content (AvgIpc) is 2.79. The molecule has 0 N–H and O–H groups in total. The standard InChI is InChI=1S/C28H33NO3/c1-6-13-26(31-20-22-14-8-7-9-15-22)27(30)29(32-28(3,4)5)21(2)24-19-12-17-23-16-10-11-18-25(23)24/h6-12,14-19,21,26H,1,13,20H2,2-5H3/t21-,26-/m0/s1. The lowest BCUT2D eigenvalue weighted by molar-refractivity contribution is -0.249. The van der Waals surface area contributed by atoms with Gasteiger partial charge in [-0.3, -0.25) is 9.63 Å². The topological polar surface area (TPSA) is 38.8 Å². The predicted octanol–water partition coefficient (Wildman–Crippen LogP) is 6.62. The molecule has 168 valence electrons. The molecule has 0 aliphatic heterocycles. The van der Waals surface area contributed by atoms with Crippen molar-refractivity contribution in [1.82, 2.24) is 5.06 Å². The predicted molar refractivity (Wildman–Crippen MR) is 130 cm³/mol. The van der Waals surface area contributed by atoms with E-state index in [0.29, 0.717) is 13.0 Å². The van der Waals surface area contributed by atoms with Gasteiger partial charge >= 0.3 is 0 Å². The lowest BCUT2D eigenvalue weighted by Gasteiger charge is -2.36. The monoisotopic (exact) mass is 431 g/mol. The fourth-order valence-corrected chi connectivity index (χ4v) is 3.66. The molecule has 2 atom stereocenters. The van der Waals surface area contributed by atoms with Crippen molar-refractivity contribution in [2.45, 2.75) is 58.5 Å². The van der Waals surface area contributed by atoms with Gasteiger partial charge in [0.15, 0.2) is 0 Å². The molecule has 4 nitrogen and oxygen atoms in total. The molecule has 0 aromatic heterocycles. The van der Waals surface area contributed by atoms with Gasteiger partial charge in [-0.2, -0.15) is 0 Å². The molecule has 0 unspecified atom stereocenters. The first-order valence-corrected chi connectivity index (χ1v) is 11.1. The van der Waals surface area contributed by atoms with Gasteiger partial charge in [0.25, 0.3) is 5.91 Å². The average molecular weight is 432 g/mol. The van der Waals surface area contributed by atoms with Crippen molar-refractivity contribution < 1.29 is 14.4 Å². The first kappa shape index (κ1) is 23.7. The van der Waals surface area contributed by atoms with E-state index >= 15 is 0 Å². The quantitative estimate of drug-likeness (QED) is 0.282. The Labute approximate surface area is 191 Å². The number of rotatable bonds is 9. The maximum absolute atomic E-state index is 13.7. The van der Waals surface area contributed by atoms with Gasteiger partial charge in [-0.05, 0) is 49.6 Å². The number of benzene rings is 3. The molecular weight excluding hydrogens is 398 g/mol. The van der Waals surface area contributed by atoms with Crippen molar-refractivity contribution >= 4 is 16.7 Å². The molecule has 0 spiro atoms. The van der Waals surface area contributed by atoms with Crippen molar-refractivity contribution in [2.75, 3.05) is 0 Å². The number of carbonyl (C=O) groups excluding carboxylic acids is 1. The molecular formula is C28H33NO3. The SMILES string of the molecule is C=CC[C@H](OCc1ccccc1)C(=O)N(OC(C)(C)C)[C@@H](C)c1cccc2ccccc12. The van der Waals surface area contributed by atoms with E-state index in [4.69, 9.17) is 9.57 Å². The fraction of sp³-hybridized carbons (Fsp3) is 0.321. The molecule has 0 heterocycles. The first-order chi connectivity index (χ1) is 15.3. The Morgan fingerprint density at radius 3 is 2.34 bits per heavy atom. The zero-order valence-electron chi connectivity index (χ0n) is 19.5. The van der Waals surface area contributed by atoms with Crippen LogP contribution in [0.4, 0.5) is 0 Å². The van der Waals surface area contributed by atoms with Crippen LogP contribution in [0.2, 0.25) is 0 Å². The summed E-state index contributed by atoms with van der Waals surface area (Å²) in [6.07, 6.45) is 1.43. The maximum Gasteiger partial charge on any atom is 0.276 e. The van der Waals surface area contributed by atoms with Gasteiger partial charge in [0.05, 0.1) is 18.2 Å². The smallest absolute Gasteiger partial charge is 0.276 e. The van der Waals surface area contributed by atoms with Gasteiger partial charge in [0.1, 0.15) is 6.10 Å². The molecule has 0 aliphatic carbocycles. The molecule has 0 radical (unpaired) electrons. The second-order valence-electron chi connectivity index (χ2n) is 8.92. The van der Waals surface area contributed by atoms with Gasteiger partial charge < -0.3 is 4.74 Å². The molecule has 0 saturated carbocycles. The zero-order valence-corrected chi connectivity index (χ0v) is 19.5. The Hall–Kier alpha value is -2.95. The van der Waals surface area contributed by atoms with Crippen LogP contribution in [-0.4, -0.2) is 22.7 Å². The normalized spacial score (nSPS) is 13.5. The third-order valence-electron chi connectivity index (χ3n) is 5.16. The molecule has 0 aliphatic rings. The van der Waals surface area contributed by atoms with Crippen molar-refractivity contribution in [3.63, 3.8) is 0 Å². The number of fused-ring (bicyclic) bond motifs is 1. The van der Waals surface area contributed by atoms with Crippen LogP contribution in [0.15, 0.2) is 85.5 Å². The summed E-state index contributed by atoms with van der Waals surface area (Å²) in [4.78, 5) is 19.9. The molecule has 3 aromatic carbocycles. The molecule has 3 rings (SSSR count). The molecule has 32 heavy (non-hydrogen) atoms. The highest BCUT2D eigenvalue weighted by Gasteiger charge is 2.33. The van der Waals surface area contributed by atoms with E-state index in [1.54, 1.807) is 6.08 Å². The minimum atomic E-state index is -0.688. The summed E-state index contributed by atoms with van der Waals surface area (Å²) in [6, 6.07) is 23.9. The number of amides is 1. The first-order valence-electron chi connectivity index (χ1n) is 11.1. The summed E-state index contributed by atoms with van der Waals surface area (Å²) in [5, 5.41) is 3.72. The van der Waals surface area contributed by atoms with E-state index in [1.165, 1.54) is 5.06 Å². The van der Waals surface area contributed by atoms with Crippen molar-refractivity contribution in [3.8, 4) is 0 Å². The third kappa shape index (κ3) is 6.06. The number of hydrogen-bond donors (Lipinski definition) is 0. The van der Waals surface area contributed by atoms with Crippen LogP contribution in [0.1, 0.15) is 51.3 Å². The van der Waals surface area contributed by atoms with Gasteiger partial charge in [-0.1, -0.05) is 78.9 Å². The second kappa shape index (κ2) is 10.6. The van der Waals surface area contributed by atoms with E-state index < -0.39 is 11.7 Å². The maximum atomic E-state index is 13.7. The fourth-order valence-electron chi connectivity index (χ4n) is 3.66. The van der Waals surface area contributed by atoms with Crippen LogP contribution in [0.25, 0.3) is 10.8 Å². The van der Waals surface area contributed by atoms with E-state index in [1.807, 2.05) is 82.3 Å². The summed E-state index contributed by atoms with van der Waals surface area (Å²) < 4.78 is 6.06. The van der Waals surface area contributed by atoms with Gasteiger partial charge in [0.2, 0.25) is 0 Å². The third-order valence-corrected chi connectivity index (χ3v) is 5.16. The molecule has 0 bridgehead atoms. The van der Waals surface area contributed by atoms with E-state index in [2.05, 4.69) is 24.8 Å². The number of hydroxylamine groups is 2. The lowest BCUT2D eigenvalue weighted by atomic mass is 9.99. The van der Waals surface area contributed by atoms with E-state index in [0.717, 1.165) is 21.9 Å². The Morgan fingerprint density at radius 1 is 1.00 bits per heavy atom. The van der Waals surface area contributed by atoms with Crippen LogP contribution in [0, 0.1) is 0 Å². The van der Waals surface area contributed by atoms with E-state index in [9.17, 15) is 4.79 Å². The molecule has 1 amide bonds. The van der Waals surface area contributed by atoms with Gasteiger partial charge in [0, 0.05) is 6.42 Å². The summed E-state index contributed by atoms with van der Waals surface area (Å²) in [5.41, 5.74) is 1.49. The zero-order chi connectivity index (χ0) is 23.1. The Morgan fingerprint density at radius 2 is 1.66 bits per heavy atom. The molecule has 3 aromatic rings. The minimum absolute atomic E-state index is 0.212. The molecule has 0 saturated heterocycles. The van der Waals surface area contributed by atoms with Gasteiger partial charge in [-0.15, -0.1) is 6.58 Å². The number of nitrogens with zero attached hydrogens (tertiary/aromatic N) is 1. The van der Waals surface area contributed by atoms with Crippen LogP contribution in [-0.2, 0) is 21.0 Å². The highest BCUT2D eigenvalue weighted by molar-refractivity contribution is 5.87. The summed E-state index contributed by atoms with van der Waals surface area (Å²) >= 11 is 0. The number of ether oxygens (including phenoxy) is 1. The highest BCUT2D eigenvalue weighted by atomic mass is 16.7. The highest BCUT2D eigenvalue weighted by Crippen LogP contribution is 2.31. The van der Waals surface area contributed by atoms with E-state index in [-0.39, 0.29) is 11.9 Å². The van der Waals surface area contributed by atoms with Crippen molar-refractivity contribution in [2.24, 2.45) is 0 Å². The van der Waals surface area contributed by atoms with Crippen LogP contribution < -0.4 is 0 Å². The van der Waals surface area contributed by atoms with Crippen molar-refractivity contribution in [3.05, 3.63) is 96.6 Å². The number of hydrogen-bond acceptors (Lipinski definition) is 3. The Kier molecular flexibility index (Phi) is 7.84. The minimum Gasteiger partial charge on any atom is -0.363 e. The summed E-state index contributed by atoms with van der Waals surface area (Å²) in [7, 11) is 0. The van der Waals surface area contributed by atoms with Crippen LogP contribution in [0.3, 0.4) is 0 Å². The van der Waals surface area contributed by atoms with Crippen LogP contribution in [0.5, 0.6) is 0 Å². The Balaban J connectivity index is 1.91. The summed E-state index contributed by atoms with van der Waals surface area (Å²) in [5.74, 6) is -0.212. The molecule has 4 heteroatoms. The summed E-state index contributed by atoms with van der Waals surface area (Å²) in [6.45, 7) is 12.0. The van der Waals surface area contributed by atoms with Crippen LogP contribution >= 0.6 is 0 Å².